The zero-order chi connectivity index (χ0) is 20.7. The zero-order valence-corrected chi connectivity index (χ0v) is 16.4. The third-order valence-corrected chi connectivity index (χ3v) is 4.21. The van der Waals surface area contributed by atoms with Crippen LogP contribution in [-0.2, 0) is 4.79 Å². The standard InChI is InChI=1S/C21H25F2N3O2/c1-14(2)19(16-7-11-18(12-8-16)28-21(22)23)20(27)25-24-13-15-5-9-17(10-6-15)26(3)4/h5-14,19,21H,1-4H3,(H,25,27)/b24-13-/t19-/m1/s1. The van der Waals surface area contributed by atoms with Crippen molar-refractivity contribution >= 4 is 17.8 Å². The number of carbonyl (C=O) groups is 1. The number of carbonyl (C=O) groups excluding carboxylic acids is 1. The molecule has 0 bridgehead atoms. The second-order valence-electron chi connectivity index (χ2n) is 6.89. The first-order chi connectivity index (χ1) is 13.3. The van der Waals surface area contributed by atoms with Crippen molar-refractivity contribution in [1.82, 2.24) is 5.43 Å². The van der Waals surface area contributed by atoms with Gasteiger partial charge in [-0.25, -0.2) is 5.43 Å². The lowest BCUT2D eigenvalue weighted by atomic mass is 9.88. The number of hydrogen-bond acceptors (Lipinski definition) is 4. The first-order valence-corrected chi connectivity index (χ1v) is 8.93. The highest BCUT2D eigenvalue weighted by Crippen LogP contribution is 2.27. The molecule has 1 atom stereocenters. The molecule has 7 heteroatoms. The average molecular weight is 389 g/mol. The summed E-state index contributed by atoms with van der Waals surface area (Å²) in [6.07, 6.45) is 1.58. The van der Waals surface area contributed by atoms with Crippen LogP contribution in [0.3, 0.4) is 0 Å². The van der Waals surface area contributed by atoms with E-state index in [1.165, 1.54) is 12.1 Å². The van der Waals surface area contributed by atoms with Crippen LogP contribution < -0.4 is 15.1 Å². The van der Waals surface area contributed by atoms with Gasteiger partial charge in [0.1, 0.15) is 5.75 Å². The highest BCUT2D eigenvalue weighted by molar-refractivity contribution is 5.86. The summed E-state index contributed by atoms with van der Waals surface area (Å²) in [7, 11) is 3.92. The van der Waals surface area contributed by atoms with Gasteiger partial charge in [-0.3, -0.25) is 4.79 Å². The van der Waals surface area contributed by atoms with Gasteiger partial charge >= 0.3 is 6.61 Å². The van der Waals surface area contributed by atoms with Gasteiger partial charge in [0.05, 0.1) is 12.1 Å². The van der Waals surface area contributed by atoms with E-state index in [0.717, 1.165) is 11.3 Å². The number of nitrogens with one attached hydrogen (secondary N) is 1. The first kappa shape index (κ1) is 21.3. The fourth-order valence-electron chi connectivity index (χ4n) is 2.79. The van der Waals surface area contributed by atoms with Crippen LogP contribution in [0.15, 0.2) is 53.6 Å². The van der Waals surface area contributed by atoms with Crippen molar-refractivity contribution in [3.8, 4) is 5.75 Å². The minimum Gasteiger partial charge on any atom is -0.435 e. The Morgan fingerprint density at radius 1 is 1.07 bits per heavy atom. The molecule has 1 N–H and O–H groups in total. The van der Waals surface area contributed by atoms with Crippen molar-refractivity contribution in [2.45, 2.75) is 26.4 Å². The molecule has 0 saturated heterocycles. The van der Waals surface area contributed by atoms with E-state index in [-0.39, 0.29) is 17.6 Å². The largest absolute Gasteiger partial charge is 0.435 e. The molecule has 0 heterocycles. The van der Waals surface area contributed by atoms with Gasteiger partial charge in [-0.15, -0.1) is 0 Å². The van der Waals surface area contributed by atoms with E-state index in [1.54, 1.807) is 18.3 Å². The Labute approximate surface area is 164 Å². The van der Waals surface area contributed by atoms with E-state index in [4.69, 9.17) is 0 Å². The molecule has 2 rings (SSSR count). The Morgan fingerprint density at radius 3 is 2.18 bits per heavy atom. The number of ether oxygens (including phenoxy) is 1. The fraction of sp³-hybridized carbons (Fsp3) is 0.333. The molecule has 1 amide bonds. The van der Waals surface area contributed by atoms with E-state index in [2.05, 4.69) is 15.3 Å². The molecule has 2 aromatic rings. The van der Waals surface area contributed by atoms with Gasteiger partial charge in [-0.05, 0) is 41.3 Å². The molecular formula is C21H25F2N3O2. The van der Waals surface area contributed by atoms with Crippen LogP contribution in [0.25, 0.3) is 0 Å². The van der Waals surface area contributed by atoms with Gasteiger partial charge in [0.25, 0.3) is 0 Å². The summed E-state index contributed by atoms with van der Waals surface area (Å²) in [4.78, 5) is 14.6. The Bertz CT molecular complexity index is 788. The number of alkyl halides is 2. The molecule has 0 radical (unpaired) electrons. The molecule has 2 aromatic carbocycles. The SMILES string of the molecule is CC(C)[C@@H](C(=O)N/N=C\c1ccc(N(C)C)cc1)c1ccc(OC(F)F)cc1. The van der Waals surface area contributed by atoms with E-state index in [0.29, 0.717) is 5.56 Å². The fourth-order valence-corrected chi connectivity index (χ4v) is 2.79. The highest BCUT2D eigenvalue weighted by atomic mass is 19.3. The van der Waals surface area contributed by atoms with Crippen molar-refractivity contribution in [2.75, 3.05) is 19.0 Å². The average Bonchev–Trinajstić information content (AvgIpc) is 2.63. The van der Waals surface area contributed by atoms with Crippen molar-refractivity contribution in [1.29, 1.82) is 0 Å². The molecule has 0 aromatic heterocycles. The topological polar surface area (TPSA) is 53.9 Å². The molecule has 0 aliphatic rings. The molecular weight excluding hydrogens is 364 g/mol. The van der Waals surface area contributed by atoms with Crippen molar-refractivity contribution < 1.29 is 18.3 Å². The number of nitrogens with zero attached hydrogens (tertiary/aromatic N) is 2. The predicted molar refractivity (Wildman–Crippen MR) is 107 cm³/mol. The lowest BCUT2D eigenvalue weighted by Crippen LogP contribution is -2.28. The third-order valence-electron chi connectivity index (χ3n) is 4.21. The smallest absolute Gasteiger partial charge is 0.387 e. The van der Waals surface area contributed by atoms with Crippen LogP contribution in [0.4, 0.5) is 14.5 Å². The van der Waals surface area contributed by atoms with Gasteiger partial charge in [-0.1, -0.05) is 38.1 Å². The van der Waals surface area contributed by atoms with Gasteiger partial charge < -0.3 is 9.64 Å². The number of amides is 1. The molecule has 28 heavy (non-hydrogen) atoms. The number of anilines is 1. The van der Waals surface area contributed by atoms with E-state index >= 15 is 0 Å². The van der Waals surface area contributed by atoms with Crippen LogP contribution >= 0.6 is 0 Å². The van der Waals surface area contributed by atoms with E-state index in [1.807, 2.05) is 57.1 Å². The number of hydrogen-bond donors (Lipinski definition) is 1. The second kappa shape index (κ2) is 9.82. The third kappa shape index (κ3) is 6.04. The lowest BCUT2D eigenvalue weighted by Gasteiger charge is -2.19. The second-order valence-corrected chi connectivity index (χ2v) is 6.89. The quantitative estimate of drug-likeness (QED) is 0.543. The number of rotatable bonds is 8. The van der Waals surface area contributed by atoms with Gasteiger partial charge in [0.2, 0.25) is 5.91 Å². The van der Waals surface area contributed by atoms with E-state index < -0.39 is 12.5 Å². The zero-order valence-electron chi connectivity index (χ0n) is 16.4. The molecule has 0 aliphatic heterocycles. The molecule has 0 aliphatic carbocycles. The van der Waals surface area contributed by atoms with Crippen molar-refractivity contribution in [2.24, 2.45) is 11.0 Å². The summed E-state index contributed by atoms with van der Waals surface area (Å²) in [6, 6.07) is 13.8. The summed E-state index contributed by atoms with van der Waals surface area (Å²) in [5.74, 6) is -0.676. The Kier molecular flexibility index (Phi) is 7.49. The van der Waals surface area contributed by atoms with Crippen molar-refractivity contribution in [3.63, 3.8) is 0 Å². The van der Waals surface area contributed by atoms with Crippen LogP contribution in [-0.4, -0.2) is 32.8 Å². The van der Waals surface area contributed by atoms with Crippen LogP contribution in [0, 0.1) is 5.92 Å². The number of halogens is 2. The van der Waals surface area contributed by atoms with Crippen LogP contribution in [0.5, 0.6) is 5.75 Å². The molecule has 0 unspecified atom stereocenters. The van der Waals surface area contributed by atoms with Gasteiger partial charge in [-0.2, -0.15) is 13.9 Å². The summed E-state index contributed by atoms with van der Waals surface area (Å²) in [5.41, 5.74) is 5.20. The van der Waals surface area contributed by atoms with E-state index in [9.17, 15) is 13.6 Å². The molecule has 0 fully saturated rings. The van der Waals surface area contributed by atoms with Gasteiger partial charge in [0, 0.05) is 19.8 Å². The summed E-state index contributed by atoms with van der Waals surface area (Å²) < 4.78 is 28.9. The van der Waals surface area contributed by atoms with Crippen molar-refractivity contribution in [3.05, 3.63) is 59.7 Å². The highest BCUT2D eigenvalue weighted by Gasteiger charge is 2.24. The predicted octanol–water partition coefficient (Wildman–Crippen LogP) is 4.24. The Morgan fingerprint density at radius 2 is 1.68 bits per heavy atom. The van der Waals surface area contributed by atoms with Crippen LogP contribution in [0.1, 0.15) is 30.9 Å². The number of hydrazone groups is 1. The maximum atomic E-state index is 12.6. The van der Waals surface area contributed by atoms with Crippen LogP contribution in [0.2, 0.25) is 0 Å². The Balaban J connectivity index is 2.04. The molecule has 150 valence electrons. The molecule has 0 spiro atoms. The maximum absolute atomic E-state index is 12.6. The summed E-state index contributed by atoms with van der Waals surface area (Å²) in [5, 5.41) is 4.04. The molecule has 0 saturated carbocycles. The minimum atomic E-state index is -2.88. The van der Waals surface area contributed by atoms with Gasteiger partial charge in [0.15, 0.2) is 0 Å². The first-order valence-electron chi connectivity index (χ1n) is 8.93. The summed E-state index contributed by atoms with van der Waals surface area (Å²) >= 11 is 0. The monoisotopic (exact) mass is 389 g/mol. The lowest BCUT2D eigenvalue weighted by molar-refractivity contribution is -0.123. The minimum absolute atomic E-state index is 0.00329. The molecule has 5 nitrogen and oxygen atoms in total. The normalized spacial score (nSPS) is 12.4. The summed E-state index contributed by atoms with van der Waals surface area (Å²) in [6.45, 7) is 0.950. The maximum Gasteiger partial charge on any atom is 0.387 e. The number of benzene rings is 2. The Hall–Kier alpha value is -2.96.